The van der Waals surface area contributed by atoms with Crippen molar-refractivity contribution in [2.45, 2.75) is 33.2 Å². The van der Waals surface area contributed by atoms with E-state index in [1.165, 1.54) is 5.01 Å². The SMILES string of the molecule is C/C(=N\Oc1ccccc1)C1(NO)C(=O)N(C)N=C1C(C)(C)C. The lowest BCUT2D eigenvalue weighted by Gasteiger charge is -2.32. The van der Waals surface area contributed by atoms with Gasteiger partial charge in [0, 0.05) is 12.5 Å². The molecule has 1 aliphatic heterocycles. The molecule has 124 valence electrons. The largest absolute Gasteiger partial charge is 0.357 e. The number of nitrogens with one attached hydrogen (secondary N) is 1. The van der Waals surface area contributed by atoms with Gasteiger partial charge in [0.05, 0.1) is 11.4 Å². The summed E-state index contributed by atoms with van der Waals surface area (Å²) in [5.74, 6) is 0.121. The Bertz CT molecular complexity index is 649. The fourth-order valence-electron chi connectivity index (χ4n) is 2.51. The van der Waals surface area contributed by atoms with Crippen LogP contribution in [0, 0.1) is 5.41 Å². The van der Waals surface area contributed by atoms with Crippen LogP contribution in [0.5, 0.6) is 5.75 Å². The first kappa shape index (κ1) is 17.1. The second-order valence-electron chi connectivity index (χ2n) is 6.47. The van der Waals surface area contributed by atoms with Gasteiger partial charge in [-0.3, -0.25) is 4.79 Å². The van der Waals surface area contributed by atoms with Crippen LogP contribution in [-0.2, 0) is 4.79 Å². The van der Waals surface area contributed by atoms with Gasteiger partial charge in [0.25, 0.3) is 5.91 Å². The number of hydroxylamine groups is 1. The van der Waals surface area contributed by atoms with Gasteiger partial charge in [-0.15, -0.1) is 0 Å². The van der Waals surface area contributed by atoms with Gasteiger partial charge in [-0.1, -0.05) is 44.1 Å². The molecule has 0 radical (unpaired) electrons. The van der Waals surface area contributed by atoms with Crippen LogP contribution in [0.4, 0.5) is 0 Å². The molecule has 0 saturated heterocycles. The first-order chi connectivity index (χ1) is 10.7. The number of carbonyl (C=O) groups is 1. The Morgan fingerprint density at radius 1 is 1.35 bits per heavy atom. The van der Waals surface area contributed by atoms with Gasteiger partial charge in [0.15, 0.2) is 5.75 Å². The monoisotopic (exact) mass is 318 g/mol. The lowest BCUT2D eigenvalue weighted by Crippen LogP contribution is -2.63. The van der Waals surface area contributed by atoms with Gasteiger partial charge < -0.3 is 10.0 Å². The van der Waals surface area contributed by atoms with Crippen molar-refractivity contribution in [1.82, 2.24) is 10.5 Å². The van der Waals surface area contributed by atoms with Crippen LogP contribution in [-0.4, -0.2) is 40.1 Å². The van der Waals surface area contributed by atoms with E-state index in [2.05, 4.69) is 15.7 Å². The molecule has 1 aromatic carbocycles. The molecule has 1 atom stereocenters. The van der Waals surface area contributed by atoms with Crippen molar-refractivity contribution in [2.24, 2.45) is 15.7 Å². The highest BCUT2D eigenvalue weighted by atomic mass is 16.6. The predicted molar refractivity (Wildman–Crippen MR) is 87.5 cm³/mol. The van der Waals surface area contributed by atoms with E-state index in [9.17, 15) is 10.0 Å². The summed E-state index contributed by atoms with van der Waals surface area (Å²) in [6, 6.07) is 8.99. The van der Waals surface area contributed by atoms with E-state index >= 15 is 0 Å². The first-order valence-corrected chi connectivity index (χ1v) is 7.29. The highest BCUT2D eigenvalue weighted by molar-refractivity contribution is 6.34. The molecule has 1 amide bonds. The minimum atomic E-state index is -1.53. The summed E-state index contributed by atoms with van der Waals surface area (Å²) < 4.78 is 0. The molecule has 1 aliphatic rings. The maximum Gasteiger partial charge on any atom is 0.276 e. The number of hydrogen-bond acceptors (Lipinski definition) is 6. The molecule has 0 aromatic heterocycles. The Morgan fingerprint density at radius 3 is 2.48 bits per heavy atom. The Balaban J connectivity index is 2.42. The Morgan fingerprint density at radius 2 is 1.96 bits per heavy atom. The third-order valence-electron chi connectivity index (χ3n) is 3.67. The fraction of sp³-hybridized carbons (Fsp3) is 0.438. The number of para-hydroxylation sites is 1. The highest BCUT2D eigenvalue weighted by Gasteiger charge is 2.56. The van der Waals surface area contributed by atoms with Crippen molar-refractivity contribution in [3.8, 4) is 5.75 Å². The molecule has 0 aliphatic carbocycles. The number of likely N-dealkylation sites (N-methyl/N-ethyl adjacent to an activating group) is 1. The maximum absolute atomic E-state index is 12.6. The quantitative estimate of drug-likeness (QED) is 0.657. The smallest absolute Gasteiger partial charge is 0.276 e. The maximum atomic E-state index is 12.6. The van der Waals surface area contributed by atoms with Crippen LogP contribution in [0.1, 0.15) is 27.7 Å². The zero-order valence-electron chi connectivity index (χ0n) is 14.0. The lowest BCUT2D eigenvalue weighted by molar-refractivity contribution is -0.133. The van der Waals surface area contributed by atoms with E-state index in [-0.39, 0.29) is 5.71 Å². The molecule has 0 fully saturated rings. The van der Waals surface area contributed by atoms with Crippen LogP contribution in [0.2, 0.25) is 0 Å². The van der Waals surface area contributed by atoms with Crippen LogP contribution in [0.15, 0.2) is 40.6 Å². The van der Waals surface area contributed by atoms with Crippen LogP contribution >= 0.6 is 0 Å². The summed E-state index contributed by atoms with van der Waals surface area (Å²) in [5.41, 5.74) is 0.873. The molecular formula is C16H22N4O3. The van der Waals surface area contributed by atoms with Crippen molar-refractivity contribution in [1.29, 1.82) is 0 Å². The van der Waals surface area contributed by atoms with Crippen LogP contribution < -0.4 is 10.3 Å². The Labute approximate surface area is 135 Å². The van der Waals surface area contributed by atoms with Gasteiger partial charge in [-0.2, -0.15) is 10.6 Å². The molecule has 1 unspecified atom stereocenters. The molecule has 2 rings (SSSR count). The normalized spacial score (nSPS) is 22.3. The third kappa shape index (κ3) is 2.97. The number of carbonyl (C=O) groups excluding carboxylic acids is 1. The molecule has 1 heterocycles. The van der Waals surface area contributed by atoms with E-state index in [1.54, 1.807) is 26.1 Å². The van der Waals surface area contributed by atoms with E-state index in [1.807, 2.05) is 39.0 Å². The number of hydrazone groups is 1. The molecule has 0 saturated carbocycles. The number of rotatable bonds is 4. The van der Waals surface area contributed by atoms with Gasteiger partial charge in [0.1, 0.15) is 0 Å². The summed E-state index contributed by atoms with van der Waals surface area (Å²) in [6.07, 6.45) is 0. The van der Waals surface area contributed by atoms with Crippen LogP contribution in [0.3, 0.4) is 0 Å². The first-order valence-electron chi connectivity index (χ1n) is 7.29. The second-order valence-corrected chi connectivity index (χ2v) is 6.47. The van der Waals surface area contributed by atoms with Gasteiger partial charge in [0.2, 0.25) is 5.54 Å². The average Bonchev–Trinajstić information content (AvgIpc) is 2.79. The summed E-state index contributed by atoms with van der Waals surface area (Å²) >= 11 is 0. The minimum Gasteiger partial charge on any atom is -0.357 e. The standard InChI is InChI=1S/C16H22N4O3/c1-11(18-23-12-9-7-6-8-10-12)16(19-22)13(15(2,3)4)17-20(5)14(16)21/h6-10,19,22H,1-5H3/b18-11+. The zero-order valence-corrected chi connectivity index (χ0v) is 14.0. The molecule has 0 bridgehead atoms. The number of hydrogen-bond donors (Lipinski definition) is 2. The zero-order chi connectivity index (χ0) is 17.3. The van der Waals surface area contributed by atoms with Crippen molar-refractivity contribution >= 4 is 17.3 Å². The van der Waals surface area contributed by atoms with Gasteiger partial charge in [-0.05, 0) is 19.1 Å². The summed E-state index contributed by atoms with van der Waals surface area (Å²) in [6.45, 7) is 7.35. The number of oxime groups is 1. The fourth-order valence-corrected chi connectivity index (χ4v) is 2.51. The molecule has 7 heteroatoms. The van der Waals surface area contributed by atoms with Crippen molar-refractivity contribution in [3.05, 3.63) is 30.3 Å². The van der Waals surface area contributed by atoms with Crippen molar-refractivity contribution in [3.63, 3.8) is 0 Å². The number of benzene rings is 1. The Kier molecular flexibility index (Phi) is 4.53. The molecule has 0 spiro atoms. The summed E-state index contributed by atoms with van der Waals surface area (Å²) in [5, 5.41) is 19.3. The molecule has 2 N–H and O–H groups in total. The van der Waals surface area contributed by atoms with E-state index in [0.29, 0.717) is 11.5 Å². The van der Waals surface area contributed by atoms with E-state index in [0.717, 1.165) is 0 Å². The van der Waals surface area contributed by atoms with Crippen molar-refractivity contribution < 1.29 is 14.8 Å². The molecule has 1 aromatic rings. The molecular weight excluding hydrogens is 296 g/mol. The number of amides is 1. The minimum absolute atomic E-state index is 0.270. The van der Waals surface area contributed by atoms with Gasteiger partial charge >= 0.3 is 0 Å². The lowest BCUT2D eigenvalue weighted by atomic mass is 9.75. The molecule has 7 nitrogen and oxygen atoms in total. The average molecular weight is 318 g/mol. The Hall–Kier alpha value is -2.25. The van der Waals surface area contributed by atoms with E-state index < -0.39 is 16.9 Å². The molecule has 23 heavy (non-hydrogen) atoms. The second kappa shape index (κ2) is 6.10. The topological polar surface area (TPSA) is 86.5 Å². The highest BCUT2D eigenvalue weighted by Crippen LogP contribution is 2.32. The van der Waals surface area contributed by atoms with Crippen LogP contribution in [0.25, 0.3) is 0 Å². The predicted octanol–water partition coefficient (Wildman–Crippen LogP) is 2.03. The van der Waals surface area contributed by atoms with E-state index in [4.69, 9.17) is 4.84 Å². The summed E-state index contributed by atoms with van der Waals surface area (Å²) in [4.78, 5) is 18.0. The third-order valence-corrected chi connectivity index (χ3v) is 3.67. The summed E-state index contributed by atoms with van der Waals surface area (Å²) in [7, 11) is 1.54. The van der Waals surface area contributed by atoms with Crippen molar-refractivity contribution in [2.75, 3.05) is 7.05 Å². The number of nitrogens with zero attached hydrogens (tertiary/aromatic N) is 3. The van der Waals surface area contributed by atoms with Gasteiger partial charge in [-0.25, -0.2) is 5.01 Å².